The Balaban J connectivity index is 1.48. The molecule has 2 aromatic rings. The number of carboxylic acid groups (broad SMARTS) is 1. The van der Waals surface area contributed by atoms with Crippen molar-refractivity contribution in [1.29, 1.82) is 0 Å². The van der Waals surface area contributed by atoms with E-state index in [9.17, 15) is 14.7 Å². The van der Waals surface area contributed by atoms with Crippen LogP contribution in [-0.4, -0.2) is 40.5 Å². The van der Waals surface area contributed by atoms with Crippen LogP contribution in [0.2, 0.25) is 0 Å². The van der Waals surface area contributed by atoms with Gasteiger partial charge in [0, 0.05) is 37.2 Å². The Morgan fingerprint density at radius 3 is 2.90 bits per heavy atom. The van der Waals surface area contributed by atoms with E-state index in [2.05, 4.69) is 27.4 Å². The molecule has 0 aliphatic carbocycles. The van der Waals surface area contributed by atoms with Gasteiger partial charge in [-0.2, -0.15) is 0 Å². The number of aromatic nitrogens is 2. The lowest BCUT2D eigenvalue weighted by molar-refractivity contribution is -0.137. The summed E-state index contributed by atoms with van der Waals surface area (Å²) >= 11 is 0. The van der Waals surface area contributed by atoms with E-state index in [4.69, 9.17) is 4.74 Å². The van der Waals surface area contributed by atoms with E-state index in [0.29, 0.717) is 12.2 Å². The maximum atomic E-state index is 12.5. The van der Waals surface area contributed by atoms with Crippen LogP contribution in [0, 0.1) is 0 Å². The summed E-state index contributed by atoms with van der Waals surface area (Å²) in [6.07, 6.45) is 8.40. The molecule has 0 radical (unpaired) electrons. The van der Waals surface area contributed by atoms with Gasteiger partial charge in [-0.1, -0.05) is 6.07 Å². The third-order valence-electron chi connectivity index (χ3n) is 5.43. The van der Waals surface area contributed by atoms with Crippen LogP contribution in [0.15, 0.2) is 30.6 Å². The molecule has 0 aromatic carbocycles. The van der Waals surface area contributed by atoms with E-state index in [0.717, 1.165) is 55.7 Å². The molecule has 1 aliphatic heterocycles. The molecular weight excluding hydrogens is 382 g/mol. The quantitative estimate of drug-likeness (QED) is 0.543. The third-order valence-corrected chi connectivity index (χ3v) is 5.43. The van der Waals surface area contributed by atoms with Crippen LogP contribution < -0.4 is 10.1 Å². The maximum absolute atomic E-state index is 12.5. The third kappa shape index (κ3) is 6.27. The Kier molecular flexibility index (Phi) is 7.76. The van der Waals surface area contributed by atoms with Crippen molar-refractivity contribution in [1.82, 2.24) is 9.97 Å². The summed E-state index contributed by atoms with van der Waals surface area (Å²) in [5.41, 5.74) is 3.04. The van der Waals surface area contributed by atoms with Crippen molar-refractivity contribution >= 4 is 17.6 Å². The fraction of sp³-hybridized carbons (Fsp3) is 0.478. The number of hydrogen-bond donors (Lipinski definition) is 2. The fourth-order valence-corrected chi connectivity index (χ4v) is 3.80. The second kappa shape index (κ2) is 10.7. The average Bonchev–Trinajstić information content (AvgIpc) is 2.76. The first kappa shape index (κ1) is 21.7. The Morgan fingerprint density at radius 1 is 1.23 bits per heavy atom. The van der Waals surface area contributed by atoms with Crippen molar-refractivity contribution in [2.75, 3.05) is 19.0 Å². The van der Waals surface area contributed by atoms with E-state index in [-0.39, 0.29) is 18.6 Å². The Hall–Kier alpha value is -2.96. The number of Topliss-reactive ketones (excluding diaryl/α,β-unsaturated/α-hetero) is 1. The van der Waals surface area contributed by atoms with E-state index in [1.165, 1.54) is 12.7 Å². The predicted molar refractivity (Wildman–Crippen MR) is 114 cm³/mol. The number of nitrogens with zero attached hydrogens (tertiary/aromatic N) is 2. The van der Waals surface area contributed by atoms with Crippen molar-refractivity contribution in [3.63, 3.8) is 0 Å². The van der Waals surface area contributed by atoms with Crippen molar-refractivity contribution < 1.29 is 19.4 Å². The number of carboxylic acids is 1. The number of carbonyl (C=O) groups is 2. The summed E-state index contributed by atoms with van der Waals surface area (Å²) in [5.74, 6) is 0.304. The molecule has 1 aliphatic rings. The van der Waals surface area contributed by atoms with Crippen LogP contribution in [0.4, 0.5) is 5.82 Å². The van der Waals surface area contributed by atoms with Crippen LogP contribution in [0.3, 0.4) is 0 Å². The highest BCUT2D eigenvalue weighted by Gasteiger charge is 2.20. The number of nitrogens with one attached hydrogen (secondary N) is 1. The second-order valence-electron chi connectivity index (χ2n) is 7.74. The Morgan fingerprint density at radius 2 is 2.10 bits per heavy atom. The van der Waals surface area contributed by atoms with E-state index >= 15 is 0 Å². The lowest BCUT2D eigenvalue weighted by Gasteiger charge is -2.17. The van der Waals surface area contributed by atoms with Gasteiger partial charge in [-0.15, -0.1) is 0 Å². The Bertz CT molecular complexity index is 885. The Labute approximate surface area is 176 Å². The first-order valence-electron chi connectivity index (χ1n) is 10.5. The zero-order valence-electron chi connectivity index (χ0n) is 17.4. The van der Waals surface area contributed by atoms with Gasteiger partial charge in [-0.05, 0) is 55.4 Å². The minimum atomic E-state index is -0.928. The molecule has 30 heavy (non-hydrogen) atoms. The van der Waals surface area contributed by atoms with Gasteiger partial charge >= 0.3 is 5.97 Å². The SMILES string of the molecule is COc1cncc(C(CC(=O)O)CC(=O)CCCCc2ccc3c(n2)NCCC3)c1. The summed E-state index contributed by atoms with van der Waals surface area (Å²) in [6.45, 7) is 0.971. The van der Waals surface area contributed by atoms with Crippen LogP contribution in [0.1, 0.15) is 61.3 Å². The maximum Gasteiger partial charge on any atom is 0.303 e. The number of ketones is 1. The summed E-state index contributed by atoms with van der Waals surface area (Å²) < 4.78 is 5.17. The van der Waals surface area contributed by atoms with Crippen LogP contribution in [-0.2, 0) is 22.4 Å². The largest absolute Gasteiger partial charge is 0.495 e. The average molecular weight is 412 g/mol. The molecule has 0 saturated heterocycles. The summed E-state index contributed by atoms with van der Waals surface area (Å²) in [5, 5.41) is 12.6. The van der Waals surface area contributed by atoms with Crippen LogP contribution in [0.25, 0.3) is 0 Å². The number of aliphatic carboxylic acids is 1. The van der Waals surface area contributed by atoms with Crippen molar-refractivity contribution in [2.45, 2.75) is 57.3 Å². The molecule has 2 aromatic heterocycles. The molecule has 160 valence electrons. The zero-order chi connectivity index (χ0) is 21.3. The minimum absolute atomic E-state index is 0.0733. The number of ether oxygens (including phenoxy) is 1. The fourth-order valence-electron chi connectivity index (χ4n) is 3.80. The highest BCUT2D eigenvalue weighted by Crippen LogP contribution is 2.27. The minimum Gasteiger partial charge on any atom is -0.495 e. The smallest absolute Gasteiger partial charge is 0.303 e. The van der Waals surface area contributed by atoms with Gasteiger partial charge in [0.25, 0.3) is 0 Å². The number of methoxy groups -OCH3 is 1. The molecule has 1 unspecified atom stereocenters. The van der Waals surface area contributed by atoms with Gasteiger partial charge in [0.1, 0.15) is 17.4 Å². The molecule has 3 heterocycles. The standard InChI is InChI=1S/C23H29N3O4/c1-30-21-12-18(14-24-15-21)17(13-22(28)29)11-20(27)7-3-2-6-19-9-8-16-5-4-10-25-23(16)26-19/h8-9,12,14-15,17H,2-7,10-11,13H2,1H3,(H,25,26)(H,28,29). The lowest BCUT2D eigenvalue weighted by atomic mass is 9.90. The molecule has 0 amide bonds. The van der Waals surface area contributed by atoms with Crippen molar-refractivity contribution in [3.05, 3.63) is 47.4 Å². The number of aryl methyl sites for hydroxylation is 2. The number of fused-ring (bicyclic) bond motifs is 1. The van der Waals surface area contributed by atoms with Gasteiger partial charge in [0.2, 0.25) is 0 Å². The van der Waals surface area contributed by atoms with Crippen molar-refractivity contribution in [3.8, 4) is 5.75 Å². The lowest BCUT2D eigenvalue weighted by Crippen LogP contribution is -2.14. The molecule has 1 atom stereocenters. The molecule has 3 rings (SSSR count). The number of hydrogen-bond acceptors (Lipinski definition) is 6. The number of unbranched alkanes of at least 4 members (excludes halogenated alkanes) is 1. The topological polar surface area (TPSA) is 101 Å². The first-order valence-corrected chi connectivity index (χ1v) is 10.5. The molecule has 2 N–H and O–H groups in total. The van der Waals surface area contributed by atoms with Gasteiger partial charge in [0.15, 0.2) is 0 Å². The van der Waals surface area contributed by atoms with Crippen molar-refractivity contribution in [2.24, 2.45) is 0 Å². The van der Waals surface area contributed by atoms with E-state index < -0.39 is 11.9 Å². The van der Waals surface area contributed by atoms with Gasteiger partial charge in [0.05, 0.1) is 19.7 Å². The first-order chi connectivity index (χ1) is 14.5. The number of anilines is 1. The predicted octanol–water partition coefficient (Wildman–Crippen LogP) is 3.77. The summed E-state index contributed by atoms with van der Waals surface area (Å²) in [6, 6.07) is 5.98. The normalized spacial score (nSPS) is 13.8. The van der Waals surface area contributed by atoms with Gasteiger partial charge in [-0.25, -0.2) is 4.98 Å². The van der Waals surface area contributed by atoms with E-state index in [1.54, 1.807) is 18.5 Å². The molecule has 0 saturated carbocycles. The highest BCUT2D eigenvalue weighted by molar-refractivity contribution is 5.80. The van der Waals surface area contributed by atoms with Crippen LogP contribution >= 0.6 is 0 Å². The molecule has 0 bridgehead atoms. The summed E-state index contributed by atoms with van der Waals surface area (Å²) in [4.78, 5) is 32.5. The summed E-state index contributed by atoms with van der Waals surface area (Å²) in [7, 11) is 1.53. The highest BCUT2D eigenvalue weighted by atomic mass is 16.5. The zero-order valence-corrected chi connectivity index (χ0v) is 17.4. The molecule has 0 fully saturated rings. The second-order valence-corrected chi connectivity index (χ2v) is 7.74. The number of rotatable bonds is 11. The monoisotopic (exact) mass is 411 g/mol. The van der Waals surface area contributed by atoms with Gasteiger partial charge < -0.3 is 15.2 Å². The molecule has 7 heteroatoms. The molecular formula is C23H29N3O4. The molecule has 7 nitrogen and oxygen atoms in total. The van der Waals surface area contributed by atoms with Gasteiger partial charge in [-0.3, -0.25) is 14.6 Å². The number of pyridine rings is 2. The van der Waals surface area contributed by atoms with E-state index in [1.807, 2.05) is 0 Å². The molecule has 0 spiro atoms. The number of carbonyl (C=O) groups excluding carboxylic acids is 1. The van der Waals surface area contributed by atoms with Crippen LogP contribution in [0.5, 0.6) is 5.75 Å².